The first kappa shape index (κ1) is 33.3. The molecule has 11 aromatic rings. The fourth-order valence-electron chi connectivity index (χ4n) is 7.43. The van der Waals surface area contributed by atoms with E-state index in [1.807, 2.05) is 109 Å². The van der Waals surface area contributed by atoms with Gasteiger partial charge in [0.15, 0.2) is 16.7 Å². The Labute approximate surface area is 333 Å². The van der Waals surface area contributed by atoms with E-state index in [4.69, 9.17) is 28.2 Å². The smallest absolute Gasteiger partial charge is 0.227 e. The first-order valence-electron chi connectivity index (χ1n) is 19.1. The lowest BCUT2D eigenvalue weighted by molar-refractivity contribution is 0.619. The molecule has 0 aliphatic carbocycles. The lowest BCUT2D eigenvalue weighted by Crippen LogP contribution is -2.09. The summed E-state index contributed by atoms with van der Waals surface area (Å²) in [5.41, 5.74) is 14.6. The minimum Gasteiger partial charge on any atom is -0.436 e. The van der Waals surface area contributed by atoms with E-state index in [9.17, 15) is 0 Å². The Bertz CT molecular complexity index is 3050. The van der Waals surface area contributed by atoms with Gasteiger partial charge in [-0.1, -0.05) is 91.0 Å². The van der Waals surface area contributed by atoms with Crippen LogP contribution in [0.5, 0.6) is 0 Å². The van der Waals surface area contributed by atoms with Gasteiger partial charge in [0.1, 0.15) is 16.6 Å². The third kappa shape index (κ3) is 6.17. The van der Waals surface area contributed by atoms with Crippen LogP contribution in [0.3, 0.4) is 0 Å². The molecule has 0 radical (unpaired) electrons. The molecule has 3 heterocycles. The number of nitrogens with zero attached hydrogens (tertiary/aromatic N) is 4. The van der Waals surface area contributed by atoms with Crippen molar-refractivity contribution < 1.29 is 13.3 Å². The Morgan fingerprint density at radius 1 is 0.276 bits per heavy atom. The summed E-state index contributed by atoms with van der Waals surface area (Å²) < 4.78 is 18.7. The molecule has 0 N–H and O–H groups in total. The van der Waals surface area contributed by atoms with Crippen molar-refractivity contribution in [3.63, 3.8) is 0 Å². The summed E-state index contributed by atoms with van der Waals surface area (Å²) in [5.74, 6) is 1.81. The van der Waals surface area contributed by atoms with Gasteiger partial charge in [-0.25, -0.2) is 15.0 Å². The Morgan fingerprint density at radius 2 is 0.603 bits per heavy atom. The van der Waals surface area contributed by atoms with Crippen molar-refractivity contribution in [2.45, 2.75) is 0 Å². The van der Waals surface area contributed by atoms with Crippen molar-refractivity contribution in [3.8, 4) is 56.6 Å². The maximum absolute atomic E-state index is 6.33. The van der Waals surface area contributed by atoms with E-state index in [0.717, 1.165) is 83.7 Å². The Hall–Kier alpha value is -8.03. The van der Waals surface area contributed by atoms with E-state index < -0.39 is 0 Å². The molecular weight excluding hydrogens is 717 g/mol. The van der Waals surface area contributed by atoms with Crippen LogP contribution in [0.25, 0.3) is 89.9 Å². The highest BCUT2D eigenvalue weighted by molar-refractivity contribution is 5.88. The van der Waals surface area contributed by atoms with Crippen LogP contribution in [0.2, 0.25) is 0 Å². The van der Waals surface area contributed by atoms with Gasteiger partial charge < -0.3 is 18.2 Å². The van der Waals surface area contributed by atoms with Gasteiger partial charge in [-0.2, -0.15) is 0 Å². The van der Waals surface area contributed by atoms with Gasteiger partial charge in [-0.3, -0.25) is 0 Å². The summed E-state index contributed by atoms with van der Waals surface area (Å²) in [5, 5.41) is 0. The van der Waals surface area contributed by atoms with Crippen molar-refractivity contribution in [2.24, 2.45) is 0 Å². The zero-order valence-electron chi connectivity index (χ0n) is 31.0. The van der Waals surface area contributed by atoms with Crippen LogP contribution in [-0.4, -0.2) is 15.0 Å². The Morgan fingerprint density at radius 3 is 1.00 bits per heavy atom. The second-order valence-electron chi connectivity index (χ2n) is 14.1. The van der Waals surface area contributed by atoms with E-state index in [2.05, 4.69) is 89.8 Å². The summed E-state index contributed by atoms with van der Waals surface area (Å²) in [6.45, 7) is 0. The number of aromatic nitrogens is 3. The van der Waals surface area contributed by atoms with Crippen LogP contribution >= 0.6 is 0 Å². The Balaban J connectivity index is 0.948. The van der Waals surface area contributed by atoms with Gasteiger partial charge >= 0.3 is 0 Å². The van der Waals surface area contributed by atoms with E-state index in [0.29, 0.717) is 23.3 Å². The van der Waals surface area contributed by atoms with Crippen LogP contribution in [0.4, 0.5) is 17.1 Å². The van der Waals surface area contributed by atoms with Gasteiger partial charge in [-0.05, 0) is 119 Å². The van der Waals surface area contributed by atoms with Crippen LogP contribution in [0, 0.1) is 0 Å². The first-order chi connectivity index (χ1) is 28.7. The average Bonchev–Trinajstić information content (AvgIpc) is 4.05. The molecule has 0 fully saturated rings. The Kier molecular flexibility index (Phi) is 8.00. The lowest BCUT2D eigenvalue weighted by atomic mass is 10.0. The molecule has 0 unspecified atom stereocenters. The molecule has 0 aliphatic heterocycles. The molecule has 7 heteroatoms. The molecule has 0 spiro atoms. The molecule has 0 saturated heterocycles. The van der Waals surface area contributed by atoms with Crippen molar-refractivity contribution in [2.75, 3.05) is 4.90 Å². The molecule has 0 aliphatic rings. The molecule has 58 heavy (non-hydrogen) atoms. The number of anilines is 3. The monoisotopic (exact) mass is 748 g/mol. The van der Waals surface area contributed by atoms with Gasteiger partial charge in [0.05, 0.1) is 0 Å². The fraction of sp³-hybridized carbons (Fsp3) is 0. The molecular formula is C51H32N4O3. The highest BCUT2D eigenvalue weighted by Crippen LogP contribution is 2.39. The van der Waals surface area contributed by atoms with Crippen molar-refractivity contribution >= 4 is 50.4 Å². The number of oxazole rings is 3. The van der Waals surface area contributed by atoms with Gasteiger partial charge in [0.25, 0.3) is 0 Å². The SMILES string of the molecule is c1ccc(-c2nc3ccc(-c4ccc(N(c5ccc(-c6ccc7nc(-c8ccccc8)oc7c6)cc5)c5ccc6nc(-c7ccccc7)oc6c5)cc4)cc3o2)cc1. The largest absolute Gasteiger partial charge is 0.436 e. The molecule has 0 saturated carbocycles. The predicted octanol–water partition coefficient (Wildman–Crippen LogP) is 13.9. The van der Waals surface area contributed by atoms with Crippen LogP contribution in [0.1, 0.15) is 0 Å². The van der Waals surface area contributed by atoms with Crippen molar-refractivity contribution in [1.82, 2.24) is 15.0 Å². The number of hydrogen-bond acceptors (Lipinski definition) is 7. The zero-order valence-corrected chi connectivity index (χ0v) is 31.0. The summed E-state index contributed by atoms with van der Waals surface area (Å²) in [6.07, 6.45) is 0. The van der Waals surface area contributed by atoms with Gasteiger partial charge in [0, 0.05) is 39.8 Å². The molecule has 3 aromatic heterocycles. The predicted molar refractivity (Wildman–Crippen MR) is 231 cm³/mol. The van der Waals surface area contributed by atoms with E-state index in [-0.39, 0.29) is 0 Å². The fourth-order valence-corrected chi connectivity index (χ4v) is 7.43. The molecule has 0 atom stereocenters. The minimum absolute atomic E-state index is 0.590. The third-order valence-electron chi connectivity index (χ3n) is 10.4. The maximum Gasteiger partial charge on any atom is 0.227 e. The van der Waals surface area contributed by atoms with Crippen molar-refractivity contribution in [1.29, 1.82) is 0 Å². The first-order valence-corrected chi connectivity index (χ1v) is 19.1. The number of benzene rings is 8. The van der Waals surface area contributed by atoms with Crippen LogP contribution < -0.4 is 4.90 Å². The standard InChI is InChI=1S/C51H32N4O3/c1-4-10-35(11-5-1)49-52-43-27-20-38(30-46(43)56-49)33-16-22-40(23-17-33)55(42-26-29-45-48(32-42)58-51(54-45)37-14-8-3-9-15-37)41-24-18-34(19-25-41)39-21-28-44-47(31-39)57-50(53-44)36-12-6-2-7-13-36/h1-32H. The maximum atomic E-state index is 6.33. The number of fused-ring (bicyclic) bond motifs is 3. The zero-order chi connectivity index (χ0) is 38.4. The van der Waals surface area contributed by atoms with Gasteiger partial charge in [0.2, 0.25) is 17.7 Å². The highest BCUT2D eigenvalue weighted by Gasteiger charge is 2.18. The van der Waals surface area contributed by atoms with Crippen LogP contribution in [0.15, 0.2) is 207 Å². The lowest BCUT2D eigenvalue weighted by Gasteiger charge is -2.26. The number of rotatable bonds is 8. The summed E-state index contributed by atoms with van der Waals surface area (Å²) in [7, 11) is 0. The van der Waals surface area contributed by atoms with Gasteiger partial charge in [-0.15, -0.1) is 0 Å². The molecule has 274 valence electrons. The quantitative estimate of drug-likeness (QED) is 0.153. The van der Waals surface area contributed by atoms with E-state index in [1.54, 1.807) is 0 Å². The van der Waals surface area contributed by atoms with E-state index >= 15 is 0 Å². The normalized spacial score (nSPS) is 11.4. The molecule has 0 bridgehead atoms. The minimum atomic E-state index is 0.590. The second-order valence-corrected chi connectivity index (χ2v) is 14.1. The summed E-state index contributed by atoms with van der Waals surface area (Å²) in [6, 6.07) is 65.5. The van der Waals surface area contributed by atoms with Crippen LogP contribution in [-0.2, 0) is 0 Å². The second kappa shape index (κ2) is 13.9. The number of hydrogen-bond donors (Lipinski definition) is 0. The van der Waals surface area contributed by atoms with Crippen molar-refractivity contribution in [3.05, 3.63) is 194 Å². The average molecular weight is 749 g/mol. The van der Waals surface area contributed by atoms with E-state index in [1.165, 1.54) is 0 Å². The third-order valence-corrected chi connectivity index (χ3v) is 10.4. The summed E-state index contributed by atoms with van der Waals surface area (Å²) >= 11 is 0. The molecule has 7 nitrogen and oxygen atoms in total. The molecule has 0 amide bonds. The highest BCUT2D eigenvalue weighted by atomic mass is 16.4. The molecule has 11 rings (SSSR count). The summed E-state index contributed by atoms with van der Waals surface area (Å²) in [4.78, 5) is 16.5. The topological polar surface area (TPSA) is 81.3 Å². The molecule has 8 aromatic carbocycles.